The average Bonchev–Trinajstić information content (AvgIpc) is 3.28. The molecule has 44 heavy (non-hydrogen) atoms. The van der Waals surface area contributed by atoms with Gasteiger partial charge in [0.1, 0.15) is 12.2 Å². The maximum atomic E-state index is 13.9. The molecule has 4 fully saturated rings. The smallest absolute Gasteiger partial charge is 0.432 e. The molecule has 0 aliphatic heterocycles. The van der Waals surface area contributed by atoms with Crippen LogP contribution in [0.15, 0.2) is 0 Å². The Kier molecular flexibility index (Phi) is 9.73. The van der Waals surface area contributed by atoms with Crippen LogP contribution in [0, 0.1) is 46.3 Å². The SMILES string of the molecule is C[C@H](CCC(=O)OC(C(F)(F)F)C(F)(F)S(=O)(=O)O)[C@H]1CC[C@H]2[C@@H]3CCC4C[C@H](OC=O)CC[C@]4(C)[C@H]3C[C@H](OC=O)[C@]12C. The summed E-state index contributed by atoms with van der Waals surface area (Å²) in [5, 5.41) is -5.78. The molecule has 0 amide bonds. The minimum Gasteiger partial charge on any atom is -0.465 e. The second-order valence-corrected chi connectivity index (χ2v) is 15.3. The van der Waals surface area contributed by atoms with Crippen molar-refractivity contribution in [1.82, 2.24) is 0 Å². The van der Waals surface area contributed by atoms with E-state index in [0.29, 0.717) is 37.6 Å². The number of esters is 1. The van der Waals surface area contributed by atoms with Crippen molar-refractivity contribution in [2.24, 2.45) is 46.3 Å². The van der Waals surface area contributed by atoms with Gasteiger partial charge in [0, 0.05) is 11.8 Å². The predicted molar refractivity (Wildman–Crippen MR) is 143 cm³/mol. The molecule has 4 aliphatic carbocycles. The molecule has 0 aromatic carbocycles. The highest BCUT2D eigenvalue weighted by molar-refractivity contribution is 7.86. The third-order valence-electron chi connectivity index (χ3n) is 11.9. The van der Waals surface area contributed by atoms with Gasteiger partial charge >= 0.3 is 27.5 Å². The van der Waals surface area contributed by atoms with E-state index in [4.69, 9.17) is 14.0 Å². The molecule has 9 nitrogen and oxygen atoms in total. The van der Waals surface area contributed by atoms with E-state index in [1.54, 1.807) is 6.92 Å². The van der Waals surface area contributed by atoms with Gasteiger partial charge in [0.25, 0.3) is 19.0 Å². The van der Waals surface area contributed by atoms with Gasteiger partial charge in [-0.2, -0.15) is 30.4 Å². The molecule has 0 heterocycles. The van der Waals surface area contributed by atoms with Crippen LogP contribution in [0.5, 0.6) is 0 Å². The quantitative estimate of drug-likeness (QED) is 0.0973. The van der Waals surface area contributed by atoms with Crippen molar-refractivity contribution < 1.29 is 63.5 Å². The molecule has 1 N–H and O–H groups in total. The number of fused-ring (bicyclic) bond motifs is 5. The van der Waals surface area contributed by atoms with Crippen LogP contribution in [-0.2, 0) is 38.7 Å². The van der Waals surface area contributed by atoms with Crippen LogP contribution >= 0.6 is 0 Å². The molecule has 2 unspecified atom stereocenters. The average molecular weight is 661 g/mol. The highest BCUT2D eigenvalue weighted by Gasteiger charge is 2.67. The number of carbonyl (C=O) groups excluding carboxylic acids is 3. The minimum atomic E-state index is -6.53. The van der Waals surface area contributed by atoms with Crippen LogP contribution in [0.2, 0.25) is 0 Å². The van der Waals surface area contributed by atoms with Gasteiger partial charge in [0.05, 0.1) is 0 Å². The summed E-state index contributed by atoms with van der Waals surface area (Å²) < 4.78 is 113. The van der Waals surface area contributed by atoms with Crippen LogP contribution in [0.1, 0.15) is 85.0 Å². The molecule has 4 saturated carbocycles. The molecular weight excluding hydrogens is 619 g/mol. The Bertz CT molecular complexity index is 1200. The topological polar surface area (TPSA) is 133 Å². The summed E-state index contributed by atoms with van der Waals surface area (Å²) in [5.74, 6) is -0.933. The zero-order valence-electron chi connectivity index (χ0n) is 24.9. The van der Waals surface area contributed by atoms with Crippen LogP contribution in [0.3, 0.4) is 0 Å². The van der Waals surface area contributed by atoms with E-state index in [9.17, 15) is 44.8 Å². The van der Waals surface area contributed by atoms with E-state index in [-0.39, 0.29) is 41.6 Å². The summed E-state index contributed by atoms with van der Waals surface area (Å²) in [6.45, 7) is 7.09. The summed E-state index contributed by atoms with van der Waals surface area (Å²) in [5.41, 5.74) is -0.525. The van der Waals surface area contributed by atoms with Gasteiger partial charge < -0.3 is 14.2 Å². The highest BCUT2D eigenvalue weighted by Crippen LogP contribution is 2.69. The van der Waals surface area contributed by atoms with Gasteiger partial charge in [-0.25, -0.2) is 0 Å². The van der Waals surface area contributed by atoms with Crippen molar-refractivity contribution in [3.63, 3.8) is 0 Å². The fourth-order valence-corrected chi connectivity index (χ4v) is 10.2. The van der Waals surface area contributed by atoms with E-state index < -0.39 is 51.6 Å². The number of carbonyl (C=O) groups is 3. The van der Waals surface area contributed by atoms with E-state index >= 15 is 0 Å². The molecule has 252 valence electrons. The Balaban J connectivity index is 1.48. The van der Waals surface area contributed by atoms with Crippen molar-refractivity contribution in [3.05, 3.63) is 0 Å². The summed E-state index contributed by atoms with van der Waals surface area (Å²) in [6, 6.07) is 0. The summed E-state index contributed by atoms with van der Waals surface area (Å²) in [4.78, 5) is 35.0. The van der Waals surface area contributed by atoms with Crippen LogP contribution in [0.25, 0.3) is 0 Å². The van der Waals surface area contributed by atoms with Crippen molar-refractivity contribution in [2.45, 2.75) is 115 Å². The molecule has 0 aromatic rings. The molecule has 0 radical (unpaired) electrons. The lowest BCUT2D eigenvalue weighted by Crippen LogP contribution is -2.59. The van der Waals surface area contributed by atoms with Crippen LogP contribution in [0.4, 0.5) is 22.0 Å². The standard InChI is InChI=1S/C29H41F5O9S/c1-16(4-9-24(37)43-25(28(30,31)32)29(33,34)44(38,39)40)20-7-8-21-19-6-5-17-12-18(41-14-35)10-11-26(17,2)22(19)13-23(42-15-36)27(20,21)3/h14-23,25H,4-13H2,1-3H3,(H,38,39,40)/t16-,17?,18-,19+,20-,21+,22+,23+,25?,26+,27-/m1/s1. The van der Waals surface area contributed by atoms with Gasteiger partial charge in [-0.1, -0.05) is 20.8 Å². The maximum Gasteiger partial charge on any atom is 0.432 e. The first kappa shape index (κ1) is 34.8. The van der Waals surface area contributed by atoms with Crippen molar-refractivity contribution in [2.75, 3.05) is 0 Å². The molecule has 11 atom stereocenters. The molecule has 0 aromatic heterocycles. The first-order valence-corrected chi connectivity index (χ1v) is 16.6. The van der Waals surface area contributed by atoms with Crippen molar-refractivity contribution in [1.29, 1.82) is 0 Å². The maximum absolute atomic E-state index is 13.9. The van der Waals surface area contributed by atoms with E-state index in [0.717, 1.165) is 38.5 Å². The second kappa shape index (κ2) is 12.3. The zero-order valence-corrected chi connectivity index (χ0v) is 25.7. The second-order valence-electron chi connectivity index (χ2n) is 13.8. The van der Waals surface area contributed by atoms with Crippen molar-refractivity contribution >= 4 is 29.0 Å². The number of ether oxygens (including phenoxy) is 3. The number of hydrogen-bond donors (Lipinski definition) is 1. The Hall–Kier alpha value is -2.03. The summed E-state index contributed by atoms with van der Waals surface area (Å²) in [6.07, 6.45) is -5.07. The predicted octanol–water partition coefficient (Wildman–Crippen LogP) is 5.71. The molecule has 15 heteroatoms. The summed E-state index contributed by atoms with van der Waals surface area (Å²) in [7, 11) is -6.53. The van der Waals surface area contributed by atoms with E-state index in [1.165, 1.54) is 0 Å². The van der Waals surface area contributed by atoms with Gasteiger partial charge in [-0.15, -0.1) is 0 Å². The molecule has 0 bridgehead atoms. The fraction of sp³-hybridized carbons (Fsp3) is 0.897. The fourth-order valence-electron chi connectivity index (χ4n) is 9.79. The molecule has 0 spiro atoms. The lowest BCUT2D eigenvalue weighted by atomic mass is 9.43. The lowest BCUT2D eigenvalue weighted by Gasteiger charge is -2.62. The Morgan fingerprint density at radius 3 is 2.23 bits per heavy atom. The summed E-state index contributed by atoms with van der Waals surface area (Å²) >= 11 is 0. The number of alkyl halides is 5. The first-order chi connectivity index (χ1) is 20.3. The van der Waals surface area contributed by atoms with Gasteiger partial charge in [0.15, 0.2) is 0 Å². The molecule has 4 rings (SSSR count). The Morgan fingerprint density at radius 1 is 0.977 bits per heavy atom. The Morgan fingerprint density at radius 2 is 1.64 bits per heavy atom. The number of halogens is 5. The highest BCUT2D eigenvalue weighted by atomic mass is 32.2. The number of hydrogen-bond acceptors (Lipinski definition) is 8. The third-order valence-corrected chi connectivity index (χ3v) is 12.8. The van der Waals surface area contributed by atoms with Crippen LogP contribution in [-0.4, -0.2) is 61.6 Å². The normalized spacial score (nSPS) is 38.7. The van der Waals surface area contributed by atoms with E-state index in [2.05, 4.69) is 18.6 Å². The minimum absolute atomic E-state index is 0.0237. The van der Waals surface area contributed by atoms with Gasteiger partial charge in [-0.3, -0.25) is 18.9 Å². The monoisotopic (exact) mass is 660 g/mol. The van der Waals surface area contributed by atoms with Gasteiger partial charge in [0.2, 0.25) is 0 Å². The lowest BCUT2D eigenvalue weighted by molar-refractivity contribution is -0.259. The zero-order chi connectivity index (χ0) is 32.9. The van der Waals surface area contributed by atoms with E-state index in [1.807, 2.05) is 0 Å². The third kappa shape index (κ3) is 6.07. The molecular formula is C29H41F5O9S. The van der Waals surface area contributed by atoms with Gasteiger partial charge in [-0.05, 0) is 98.7 Å². The van der Waals surface area contributed by atoms with Crippen LogP contribution < -0.4 is 0 Å². The molecule has 4 aliphatic rings. The first-order valence-electron chi connectivity index (χ1n) is 15.1. The molecule has 0 saturated heterocycles. The van der Waals surface area contributed by atoms with Crippen molar-refractivity contribution in [3.8, 4) is 0 Å². The largest absolute Gasteiger partial charge is 0.465 e. The number of rotatable bonds is 11. The Labute approximate surface area is 253 Å².